The Balaban J connectivity index is 0.00000169. The van der Waals surface area contributed by atoms with Crippen molar-refractivity contribution in [1.82, 2.24) is 4.90 Å². The van der Waals surface area contributed by atoms with Gasteiger partial charge < -0.3 is 16.4 Å². The van der Waals surface area contributed by atoms with Crippen LogP contribution in [0.4, 0.5) is 11.4 Å². The van der Waals surface area contributed by atoms with Gasteiger partial charge in [-0.25, -0.2) is 0 Å². The molecular formula is C18H28Cl2N4O2. The molecule has 2 amide bonds. The van der Waals surface area contributed by atoms with Gasteiger partial charge in [0.1, 0.15) is 0 Å². The number of likely N-dealkylation sites (tertiary alicyclic amines) is 1. The Hall–Kier alpha value is -1.34. The molecule has 6 nitrogen and oxygen atoms in total. The third kappa shape index (κ3) is 6.43. The molecule has 146 valence electrons. The summed E-state index contributed by atoms with van der Waals surface area (Å²) in [7, 11) is 0. The number of amides is 2. The van der Waals surface area contributed by atoms with Gasteiger partial charge in [0.25, 0.3) is 0 Å². The SMILES string of the molecule is Cl.Cl.NC1(C(=O)Nc2cccc(NC(=O)CN3CCCCCC3)c2)CC1. The van der Waals surface area contributed by atoms with Gasteiger partial charge in [-0.15, -0.1) is 24.8 Å². The van der Waals surface area contributed by atoms with Crippen LogP contribution in [0.5, 0.6) is 0 Å². The van der Waals surface area contributed by atoms with Gasteiger partial charge in [-0.05, 0) is 57.0 Å². The highest BCUT2D eigenvalue weighted by Crippen LogP contribution is 2.33. The minimum Gasteiger partial charge on any atom is -0.325 e. The van der Waals surface area contributed by atoms with Crippen molar-refractivity contribution in [3.05, 3.63) is 24.3 Å². The Kier molecular flexibility index (Phi) is 8.83. The number of anilines is 2. The molecule has 2 aliphatic rings. The summed E-state index contributed by atoms with van der Waals surface area (Å²) in [5.41, 5.74) is 6.53. The lowest BCUT2D eigenvalue weighted by atomic mass is 10.2. The molecule has 1 aliphatic heterocycles. The fraction of sp³-hybridized carbons (Fsp3) is 0.556. The first-order valence-corrected chi connectivity index (χ1v) is 8.78. The highest BCUT2D eigenvalue weighted by Gasteiger charge is 2.45. The van der Waals surface area contributed by atoms with E-state index >= 15 is 0 Å². The van der Waals surface area contributed by atoms with E-state index < -0.39 is 5.54 Å². The smallest absolute Gasteiger partial charge is 0.244 e. The molecule has 1 saturated heterocycles. The second-order valence-corrected chi connectivity index (χ2v) is 6.93. The summed E-state index contributed by atoms with van der Waals surface area (Å²) in [5.74, 6) is -0.173. The summed E-state index contributed by atoms with van der Waals surface area (Å²) in [6, 6.07) is 7.20. The van der Waals surface area contributed by atoms with Gasteiger partial charge in [0.05, 0.1) is 12.1 Å². The van der Waals surface area contributed by atoms with Crippen molar-refractivity contribution in [3.8, 4) is 0 Å². The van der Waals surface area contributed by atoms with Crippen LogP contribution >= 0.6 is 24.8 Å². The van der Waals surface area contributed by atoms with Crippen molar-refractivity contribution in [1.29, 1.82) is 0 Å². The third-order valence-electron chi connectivity index (χ3n) is 4.71. The second kappa shape index (κ2) is 10.1. The summed E-state index contributed by atoms with van der Waals surface area (Å²) in [6.07, 6.45) is 6.28. The van der Waals surface area contributed by atoms with Crippen LogP contribution in [0.25, 0.3) is 0 Å². The highest BCUT2D eigenvalue weighted by molar-refractivity contribution is 6.00. The summed E-state index contributed by atoms with van der Waals surface area (Å²) in [6.45, 7) is 2.40. The Morgan fingerprint density at radius 1 is 1.00 bits per heavy atom. The summed E-state index contributed by atoms with van der Waals surface area (Å²) in [5, 5.41) is 5.74. The van der Waals surface area contributed by atoms with Crippen LogP contribution in [0, 0.1) is 0 Å². The molecule has 0 radical (unpaired) electrons. The van der Waals surface area contributed by atoms with Crippen LogP contribution in [0.3, 0.4) is 0 Å². The van der Waals surface area contributed by atoms with E-state index in [0.29, 0.717) is 17.9 Å². The highest BCUT2D eigenvalue weighted by atomic mass is 35.5. The number of benzene rings is 1. The van der Waals surface area contributed by atoms with E-state index in [9.17, 15) is 9.59 Å². The maximum atomic E-state index is 12.2. The van der Waals surface area contributed by atoms with Gasteiger partial charge in [-0.2, -0.15) is 0 Å². The monoisotopic (exact) mass is 402 g/mol. The fourth-order valence-electron chi connectivity index (χ4n) is 2.99. The van der Waals surface area contributed by atoms with Gasteiger partial charge in [-0.1, -0.05) is 18.9 Å². The lowest BCUT2D eigenvalue weighted by Crippen LogP contribution is -2.37. The van der Waals surface area contributed by atoms with E-state index in [4.69, 9.17) is 5.73 Å². The molecular weight excluding hydrogens is 375 g/mol. The topological polar surface area (TPSA) is 87.5 Å². The molecule has 1 aromatic carbocycles. The lowest BCUT2D eigenvalue weighted by Gasteiger charge is -2.19. The third-order valence-corrected chi connectivity index (χ3v) is 4.71. The van der Waals surface area contributed by atoms with Crippen molar-refractivity contribution < 1.29 is 9.59 Å². The molecule has 0 atom stereocenters. The number of nitrogens with zero attached hydrogens (tertiary/aromatic N) is 1. The average molecular weight is 403 g/mol. The number of carbonyl (C=O) groups is 2. The zero-order valence-electron chi connectivity index (χ0n) is 14.8. The zero-order valence-corrected chi connectivity index (χ0v) is 16.5. The van der Waals surface area contributed by atoms with Crippen molar-refractivity contribution in [2.24, 2.45) is 5.73 Å². The summed E-state index contributed by atoms with van der Waals surface area (Å²) < 4.78 is 0. The summed E-state index contributed by atoms with van der Waals surface area (Å²) in [4.78, 5) is 26.4. The molecule has 4 N–H and O–H groups in total. The molecule has 0 spiro atoms. The molecule has 1 aliphatic carbocycles. The van der Waals surface area contributed by atoms with E-state index in [0.717, 1.165) is 38.8 Å². The maximum absolute atomic E-state index is 12.2. The molecule has 1 heterocycles. The molecule has 3 rings (SSSR count). The number of hydrogen-bond donors (Lipinski definition) is 3. The zero-order chi connectivity index (χ0) is 17.0. The number of carbonyl (C=O) groups excluding carboxylic acids is 2. The molecule has 2 fully saturated rings. The predicted octanol–water partition coefficient (Wildman–Crippen LogP) is 2.77. The number of halogens is 2. The van der Waals surface area contributed by atoms with Crippen molar-refractivity contribution >= 4 is 48.0 Å². The fourth-order valence-corrected chi connectivity index (χ4v) is 2.99. The van der Waals surface area contributed by atoms with Crippen LogP contribution in [0.2, 0.25) is 0 Å². The number of rotatable bonds is 5. The predicted molar refractivity (Wildman–Crippen MR) is 109 cm³/mol. The lowest BCUT2D eigenvalue weighted by molar-refractivity contribution is -0.118. The second-order valence-electron chi connectivity index (χ2n) is 6.93. The summed E-state index contributed by atoms with van der Waals surface area (Å²) >= 11 is 0. The normalized spacial score (nSPS) is 18.5. The van der Waals surface area contributed by atoms with Gasteiger partial charge in [-0.3, -0.25) is 14.5 Å². The van der Waals surface area contributed by atoms with Crippen molar-refractivity contribution in [3.63, 3.8) is 0 Å². The van der Waals surface area contributed by atoms with Crippen LogP contribution in [0.15, 0.2) is 24.3 Å². The largest absolute Gasteiger partial charge is 0.325 e. The van der Waals surface area contributed by atoms with E-state index in [1.807, 2.05) is 12.1 Å². The molecule has 26 heavy (non-hydrogen) atoms. The molecule has 0 bridgehead atoms. The molecule has 1 aromatic rings. The van der Waals surface area contributed by atoms with E-state index in [2.05, 4.69) is 15.5 Å². The number of nitrogens with two attached hydrogens (primary N) is 1. The first-order chi connectivity index (χ1) is 11.5. The van der Waals surface area contributed by atoms with Crippen LogP contribution in [-0.4, -0.2) is 41.9 Å². The molecule has 0 aromatic heterocycles. The van der Waals surface area contributed by atoms with E-state index in [1.54, 1.807) is 12.1 Å². The minimum atomic E-state index is -0.702. The van der Waals surface area contributed by atoms with Crippen LogP contribution < -0.4 is 16.4 Å². The maximum Gasteiger partial charge on any atom is 0.244 e. The van der Waals surface area contributed by atoms with Gasteiger partial charge >= 0.3 is 0 Å². The average Bonchev–Trinajstić information content (AvgIpc) is 3.33. The Morgan fingerprint density at radius 3 is 2.15 bits per heavy atom. The van der Waals surface area contributed by atoms with Gasteiger partial charge in [0, 0.05) is 11.4 Å². The Labute approximate surface area is 167 Å². The van der Waals surface area contributed by atoms with E-state index in [1.165, 1.54) is 12.8 Å². The number of hydrogen-bond acceptors (Lipinski definition) is 4. The first-order valence-electron chi connectivity index (χ1n) is 8.78. The molecule has 0 unspecified atom stereocenters. The quantitative estimate of drug-likeness (QED) is 0.706. The van der Waals surface area contributed by atoms with E-state index in [-0.39, 0.29) is 36.6 Å². The van der Waals surface area contributed by atoms with Crippen LogP contribution in [-0.2, 0) is 9.59 Å². The van der Waals surface area contributed by atoms with Crippen molar-refractivity contribution in [2.75, 3.05) is 30.3 Å². The molecule has 1 saturated carbocycles. The van der Waals surface area contributed by atoms with Crippen LogP contribution in [0.1, 0.15) is 38.5 Å². The van der Waals surface area contributed by atoms with Gasteiger partial charge in [0.15, 0.2) is 0 Å². The Bertz CT molecular complexity index is 615. The van der Waals surface area contributed by atoms with Crippen molar-refractivity contribution in [2.45, 2.75) is 44.1 Å². The Morgan fingerprint density at radius 2 is 1.58 bits per heavy atom. The van der Waals surface area contributed by atoms with Gasteiger partial charge in [0.2, 0.25) is 11.8 Å². The number of nitrogens with one attached hydrogen (secondary N) is 2. The first kappa shape index (κ1) is 22.7. The standard InChI is InChI=1S/C18H26N4O2.2ClH/c19-18(8-9-18)17(24)21-15-7-5-6-14(12-15)20-16(23)13-22-10-3-1-2-4-11-22;;/h5-7,12H,1-4,8-11,13,19H2,(H,20,23)(H,21,24);2*1H. The minimum absolute atomic E-state index is 0. The molecule has 8 heteroatoms.